The molecule has 2 saturated heterocycles. The van der Waals surface area contributed by atoms with Crippen LogP contribution in [0.15, 0.2) is 15.1 Å². The van der Waals surface area contributed by atoms with Gasteiger partial charge in [0.1, 0.15) is 6.04 Å². The van der Waals surface area contributed by atoms with Crippen LogP contribution < -0.4 is 4.90 Å². The van der Waals surface area contributed by atoms with Crippen LogP contribution in [0.2, 0.25) is 0 Å². The van der Waals surface area contributed by atoms with Crippen LogP contribution in [0.5, 0.6) is 0 Å². The first-order valence-electron chi connectivity index (χ1n) is 9.07. The fourth-order valence-electron chi connectivity index (χ4n) is 3.33. The van der Waals surface area contributed by atoms with Crippen LogP contribution in [0, 0.1) is 0 Å². The van der Waals surface area contributed by atoms with Crippen LogP contribution >= 0.6 is 0 Å². The first-order chi connectivity index (χ1) is 12.6. The lowest BCUT2D eigenvalue weighted by Crippen LogP contribution is -2.36. The van der Waals surface area contributed by atoms with E-state index >= 15 is 0 Å². The highest BCUT2D eigenvalue weighted by Crippen LogP contribution is 2.33. The number of likely N-dealkylation sites (tertiary alicyclic amines) is 1. The van der Waals surface area contributed by atoms with Gasteiger partial charge in [0, 0.05) is 31.6 Å². The largest absolute Gasteiger partial charge is 0.378 e. The van der Waals surface area contributed by atoms with E-state index in [1.807, 2.05) is 13.8 Å². The molecule has 140 valence electrons. The molecule has 26 heavy (non-hydrogen) atoms. The Kier molecular flexibility index (Phi) is 4.62. The summed E-state index contributed by atoms with van der Waals surface area (Å²) in [7, 11) is 0. The highest BCUT2D eigenvalue weighted by Gasteiger charge is 2.36. The van der Waals surface area contributed by atoms with Crippen LogP contribution in [0.4, 0.5) is 5.82 Å². The minimum Gasteiger partial charge on any atom is -0.378 e. The predicted molar refractivity (Wildman–Crippen MR) is 90.9 cm³/mol. The minimum atomic E-state index is -0.209. The van der Waals surface area contributed by atoms with E-state index in [0.717, 1.165) is 25.9 Å². The van der Waals surface area contributed by atoms with E-state index in [0.29, 0.717) is 37.3 Å². The lowest BCUT2D eigenvalue weighted by Gasteiger charge is -2.25. The summed E-state index contributed by atoms with van der Waals surface area (Å²) in [6.07, 6.45) is 1.69. The van der Waals surface area contributed by atoms with Crippen molar-refractivity contribution in [1.82, 2.24) is 20.2 Å². The van der Waals surface area contributed by atoms with Crippen LogP contribution in [0.1, 0.15) is 60.9 Å². The van der Waals surface area contributed by atoms with Gasteiger partial charge in [0.15, 0.2) is 11.6 Å². The zero-order valence-corrected chi connectivity index (χ0v) is 15.1. The molecule has 0 saturated carbocycles. The third-order valence-electron chi connectivity index (χ3n) is 4.82. The summed E-state index contributed by atoms with van der Waals surface area (Å²) < 4.78 is 16.1. The van der Waals surface area contributed by atoms with E-state index in [4.69, 9.17) is 13.8 Å². The van der Waals surface area contributed by atoms with Gasteiger partial charge in [-0.15, -0.1) is 0 Å². The van der Waals surface area contributed by atoms with Crippen molar-refractivity contribution < 1.29 is 18.6 Å². The molecule has 0 spiro atoms. The first kappa shape index (κ1) is 17.0. The molecule has 0 aromatic carbocycles. The smallest absolute Gasteiger partial charge is 0.293 e. The standard InChI is InChI=1S/C17H23N5O4/c1-11(2)15-18-16(26-20-15)12-4-3-5-22(12)17(23)13-10-14(19-25-13)21-6-8-24-9-7-21/h10-12H,3-9H2,1-2H3/t12-/m0/s1. The lowest BCUT2D eigenvalue weighted by molar-refractivity contribution is 0.0668. The van der Waals surface area contributed by atoms with Gasteiger partial charge in [-0.1, -0.05) is 24.2 Å². The second kappa shape index (κ2) is 7.06. The van der Waals surface area contributed by atoms with Gasteiger partial charge in [-0.3, -0.25) is 4.79 Å². The number of hydrogen-bond acceptors (Lipinski definition) is 8. The molecule has 2 aliphatic heterocycles. The summed E-state index contributed by atoms with van der Waals surface area (Å²) in [4.78, 5) is 21.2. The Labute approximate surface area is 151 Å². The van der Waals surface area contributed by atoms with Crippen molar-refractivity contribution >= 4 is 11.7 Å². The summed E-state index contributed by atoms with van der Waals surface area (Å²) in [5, 5.41) is 8.07. The fourth-order valence-corrected chi connectivity index (χ4v) is 3.33. The Morgan fingerprint density at radius 1 is 1.19 bits per heavy atom. The maximum absolute atomic E-state index is 12.9. The normalized spacial score (nSPS) is 21.0. The molecule has 0 unspecified atom stereocenters. The Hall–Kier alpha value is -2.42. The Balaban J connectivity index is 1.50. The Morgan fingerprint density at radius 3 is 2.73 bits per heavy atom. The van der Waals surface area contributed by atoms with E-state index in [-0.39, 0.29) is 23.6 Å². The van der Waals surface area contributed by atoms with Crippen molar-refractivity contribution in [3.63, 3.8) is 0 Å². The molecule has 9 heteroatoms. The highest BCUT2D eigenvalue weighted by atomic mass is 16.5. The van der Waals surface area contributed by atoms with Gasteiger partial charge in [-0.2, -0.15) is 4.98 Å². The van der Waals surface area contributed by atoms with Crippen LogP contribution in [0.25, 0.3) is 0 Å². The van der Waals surface area contributed by atoms with Crippen molar-refractivity contribution in [2.75, 3.05) is 37.7 Å². The number of anilines is 1. The molecule has 1 amide bonds. The molecule has 2 aromatic heterocycles. The van der Waals surface area contributed by atoms with Crippen molar-refractivity contribution in [3.05, 3.63) is 23.5 Å². The van der Waals surface area contributed by atoms with Gasteiger partial charge in [0.25, 0.3) is 5.91 Å². The lowest BCUT2D eigenvalue weighted by atomic mass is 10.2. The van der Waals surface area contributed by atoms with E-state index < -0.39 is 0 Å². The Bertz CT molecular complexity index is 765. The van der Waals surface area contributed by atoms with Gasteiger partial charge in [0.2, 0.25) is 11.7 Å². The fraction of sp³-hybridized carbons (Fsp3) is 0.647. The molecule has 2 aromatic rings. The third kappa shape index (κ3) is 3.18. The van der Waals surface area contributed by atoms with Crippen molar-refractivity contribution in [1.29, 1.82) is 0 Å². The highest BCUT2D eigenvalue weighted by molar-refractivity contribution is 5.92. The first-order valence-corrected chi connectivity index (χ1v) is 9.07. The molecule has 1 atom stereocenters. The SMILES string of the molecule is CC(C)c1noc([C@@H]2CCCN2C(=O)c2cc(N3CCOCC3)no2)n1. The molecule has 4 rings (SSSR count). The number of amides is 1. The maximum Gasteiger partial charge on any atom is 0.293 e. The molecule has 0 N–H and O–H groups in total. The molecular weight excluding hydrogens is 338 g/mol. The number of carbonyl (C=O) groups excluding carboxylic acids is 1. The van der Waals surface area contributed by atoms with Crippen molar-refractivity contribution in [2.45, 2.75) is 38.6 Å². The predicted octanol–water partition coefficient (Wildman–Crippen LogP) is 1.99. The molecule has 0 aliphatic carbocycles. The van der Waals surface area contributed by atoms with Crippen molar-refractivity contribution in [3.8, 4) is 0 Å². The average Bonchev–Trinajstić information content (AvgIpc) is 3.41. The van der Waals surface area contributed by atoms with E-state index in [1.54, 1.807) is 11.0 Å². The number of ether oxygens (including phenoxy) is 1. The number of nitrogens with zero attached hydrogens (tertiary/aromatic N) is 5. The van der Waals surface area contributed by atoms with Crippen molar-refractivity contribution in [2.24, 2.45) is 0 Å². The molecular formula is C17H23N5O4. The summed E-state index contributed by atoms with van der Waals surface area (Å²) in [5.74, 6) is 2.06. The summed E-state index contributed by atoms with van der Waals surface area (Å²) in [6, 6.07) is 1.50. The zero-order valence-electron chi connectivity index (χ0n) is 15.1. The number of rotatable bonds is 4. The number of morpholine rings is 1. The molecule has 0 bridgehead atoms. The third-order valence-corrected chi connectivity index (χ3v) is 4.82. The van der Waals surface area contributed by atoms with Crippen LogP contribution in [0.3, 0.4) is 0 Å². The second-order valence-corrected chi connectivity index (χ2v) is 6.95. The second-order valence-electron chi connectivity index (χ2n) is 6.95. The molecule has 2 fully saturated rings. The summed E-state index contributed by atoms with van der Waals surface area (Å²) in [6.45, 7) is 7.44. The van der Waals surface area contributed by atoms with Gasteiger partial charge in [-0.25, -0.2) is 0 Å². The molecule has 2 aliphatic rings. The number of carbonyl (C=O) groups is 1. The van der Waals surface area contributed by atoms with Gasteiger partial charge in [0.05, 0.1) is 13.2 Å². The average molecular weight is 361 g/mol. The minimum absolute atomic E-state index is 0.184. The number of hydrogen-bond donors (Lipinski definition) is 0. The van der Waals surface area contributed by atoms with Crippen LogP contribution in [-0.4, -0.2) is 59.0 Å². The maximum atomic E-state index is 12.9. The van der Waals surface area contributed by atoms with E-state index in [1.165, 1.54) is 0 Å². The van der Waals surface area contributed by atoms with Crippen LogP contribution in [-0.2, 0) is 4.74 Å². The van der Waals surface area contributed by atoms with E-state index in [9.17, 15) is 4.79 Å². The monoisotopic (exact) mass is 361 g/mol. The van der Waals surface area contributed by atoms with Gasteiger partial charge >= 0.3 is 0 Å². The molecule has 0 radical (unpaired) electrons. The zero-order chi connectivity index (χ0) is 18.1. The molecule has 9 nitrogen and oxygen atoms in total. The molecule has 4 heterocycles. The summed E-state index contributed by atoms with van der Waals surface area (Å²) in [5.41, 5.74) is 0. The van der Waals surface area contributed by atoms with E-state index in [2.05, 4.69) is 20.2 Å². The summed E-state index contributed by atoms with van der Waals surface area (Å²) >= 11 is 0. The quantitative estimate of drug-likeness (QED) is 0.815. The van der Waals surface area contributed by atoms with Gasteiger partial charge in [-0.05, 0) is 12.8 Å². The van der Waals surface area contributed by atoms with Gasteiger partial charge < -0.3 is 23.6 Å². The topological polar surface area (TPSA) is 97.7 Å². The number of aromatic nitrogens is 3. The Morgan fingerprint density at radius 2 is 2.00 bits per heavy atom.